The van der Waals surface area contributed by atoms with E-state index in [1.165, 1.54) is 25.6 Å². The average Bonchev–Trinajstić information content (AvgIpc) is 2.77. The molecule has 0 radical (unpaired) electrons. The van der Waals surface area contributed by atoms with Gasteiger partial charge in [-0.1, -0.05) is 11.6 Å². The molecule has 0 aliphatic carbocycles. The molecule has 0 bridgehead atoms. The molecule has 1 amide bonds. The van der Waals surface area contributed by atoms with Gasteiger partial charge in [-0.2, -0.15) is 0 Å². The second kappa shape index (κ2) is 8.62. The van der Waals surface area contributed by atoms with Gasteiger partial charge >= 0.3 is 6.09 Å². The summed E-state index contributed by atoms with van der Waals surface area (Å²) in [5, 5.41) is 5.94. The minimum atomic E-state index is -0.496. The van der Waals surface area contributed by atoms with Crippen molar-refractivity contribution in [2.75, 3.05) is 30.4 Å². The van der Waals surface area contributed by atoms with Crippen LogP contribution in [0.1, 0.15) is 12.8 Å². The van der Waals surface area contributed by atoms with Crippen molar-refractivity contribution in [3.8, 4) is 0 Å². The lowest BCUT2D eigenvalue weighted by atomic mass is 10.1. The number of methoxy groups -OCH3 is 1. The van der Waals surface area contributed by atoms with Crippen LogP contribution in [0.3, 0.4) is 0 Å². The van der Waals surface area contributed by atoms with E-state index < -0.39 is 11.9 Å². The van der Waals surface area contributed by atoms with Gasteiger partial charge in [0.1, 0.15) is 23.2 Å². The summed E-state index contributed by atoms with van der Waals surface area (Å²) in [7, 11) is 1.35. The molecule has 4 rings (SSSR count). The topological polar surface area (TPSA) is 105 Å². The van der Waals surface area contributed by atoms with E-state index in [9.17, 15) is 9.18 Å². The summed E-state index contributed by atoms with van der Waals surface area (Å²) < 4.78 is 18.1. The molecule has 3 aromatic rings. The van der Waals surface area contributed by atoms with Crippen LogP contribution in [0.25, 0.3) is 11.0 Å². The number of nitrogens with zero attached hydrogens (tertiary/aromatic N) is 5. The fourth-order valence-corrected chi connectivity index (χ4v) is 3.43. The molecule has 2 aromatic heterocycles. The maximum Gasteiger partial charge on any atom is 0.407 e. The molecule has 0 spiro atoms. The average molecular weight is 432 g/mol. The number of ether oxygens (including phenoxy) is 1. The van der Waals surface area contributed by atoms with Gasteiger partial charge in [0, 0.05) is 24.8 Å². The first-order chi connectivity index (χ1) is 14.5. The number of hydrogen-bond donors (Lipinski definition) is 2. The minimum Gasteiger partial charge on any atom is -0.453 e. The molecular weight excluding hydrogens is 413 g/mol. The molecule has 30 heavy (non-hydrogen) atoms. The largest absolute Gasteiger partial charge is 0.453 e. The quantitative estimate of drug-likeness (QED) is 0.648. The summed E-state index contributed by atoms with van der Waals surface area (Å²) in [6.07, 6.45) is 4.12. The predicted octanol–water partition coefficient (Wildman–Crippen LogP) is 3.28. The van der Waals surface area contributed by atoms with Crippen molar-refractivity contribution in [3.05, 3.63) is 41.6 Å². The van der Waals surface area contributed by atoms with Gasteiger partial charge in [0.2, 0.25) is 5.95 Å². The fraction of sp³-hybridized carbons (Fsp3) is 0.316. The highest BCUT2D eigenvalue weighted by Crippen LogP contribution is 2.26. The molecule has 156 valence electrons. The lowest BCUT2D eigenvalue weighted by Gasteiger charge is -2.32. The van der Waals surface area contributed by atoms with E-state index in [0.29, 0.717) is 41.6 Å². The van der Waals surface area contributed by atoms with Gasteiger partial charge in [-0.25, -0.2) is 29.1 Å². The number of carbonyl (C=O) groups excluding carboxylic acids is 1. The van der Waals surface area contributed by atoms with Gasteiger partial charge in [-0.05, 0) is 31.0 Å². The highest BCUT2D eigenvalue weighted by atomic mass is 35.5. The van der Waals surface area contributed by atoms with E-state index in [2.05, 4.69) is 35.3 Å². The van der Waals surface area contributed by atoms with Gasteiger partial charge < -0.3 is 20.3 Å². The van der Waals surface area contributed by atoms with Crippen molar-refractivity contribution in [1.29, 1.82) is 0 Å². The summed E-state index contributed by atoms with van der Waals surface area (Å²) >= 11 is 5.86. The zero-order valence-electron chi connectivity index (χ0n) is 16.1. The van der Waals surface area contributed by atoms with Crippen molar-refractivity contribution in [1.82, 2.24) is 25.3 Å². The summed E-state index contributed by atoms with van der Waals surface area (Å²) in [4.78, 5) is 31.0. The van der Waals surface area contributed by atoms with Crippen LogP contribution in [0, 0.1) is 5.82 Å². The number of aromatic nitrogens is 4. The van der Waals surface area contributed by atoms with Crippen molar-refractivity contribution >= 4 is 46.2 Å². The van der Waals surface area contributed by atoms with Gasteiger partial charge in [0.05, 0.1) is 18.3 Å². The number of anilines is 3. The Labute approximate surface area is 176 Å². The molecule has 0 unspecified atom stereocenters. The zero-order valence-corrected chi connectivity index (χ0v) is 16.9. The van der Waals surface area contributed by atoms with Crippen LogP contribution in [0.15, 0.2) is 30.7 Å². The minimum absolute atomic E-state index is 0.0112. The summed E-state index contributed by atoms with van der Waals surface area (Å²) in [5.41, 5.74) is 1.70. The molecule has 1 aliphatic rings. The third kappa shape index (κ3) is 4.33. The van der Waals surface area contributed by atoms with Gasteiger partial charge in [-0.15, -0.1) is 0 Å². The standard InChI is InChI=1S/C19H19ClFN7O2/c1-30-19(29)26-11-4-6-28(7-5-11)18-22-9-15-16(27-18)17(24-10-23-15)25-12-2-3-14(21)13(20)8-12/h2-3,8-11H,4-7H2,1H3,(H,26,29)(H,23,24,25). The SMILES string of the molecule is COC(=O)NC1CCN(c2ncc3ncnc(Nc4ccc(F)c(Cl)c4)c3n2)CC1. The number of fused-ring (bicyclic) bond motifs is 1. The first kappa shape index (κ1) is 20.0. The highest BCUT2D eigenvalue weighted by molar-refractivity contribution is 6.31. The van der Waals surface area contributed by atoms with Crippen LogP contribution in [0.5, 0.6) is 0 Å². The first-order valence-corrected chi connectivity index (χ1v) is 9.70. The van der Waals surface area contributed by atoms with Crippen molar-refractivity contribution in [2.45, 2.75) is 18.9 Å². The molecule has 1 fully saturated rings. The molecule has 1 saturated heterocycles. The lowest BCUT2D eigenvalue weighted by molar-refractivity contribution is 0.164. The fourth-order valence-electron chi connectivity index (χ4n) is 3.25. The Morgan fingerprint density at radius 2 is 2.07 bits per heavy atom. The molecular formula is C19H19ClFN7O2. The normalized spacial score (nSPS) is 14.6. The monoisotopic (exact) mass is 431 g/mol. The molecule has 9 nitrogen and oxygen atoms in total. The molecule has 1 aromatic carbocycles. The second-order valence-electron chi connectivity index (χ2n) is 6.78. The smallest absolute Gasteiger partial charge is 0.407 e. The van der Waals surface area contributed by atoms with Crippen LogP contribution >= 0.6 is 11.6 Å². The Hall–Kier alpha value is -3.27. The number of amides is 1. The number of hydrogen-bond acceptors (Lipinski definition) is 8. The van der Waals surface area contributed by atoms with Crippen molar-refractivity contribution in [2.24, 2.45) is 0 Å². The van der Waals surface area contributed by atoms with Crippen LogP contribution < -0.4 is 15.5 Å². The summed E-state index contributed by atoms with van der Waals surface area (Å²) in [6, 6.07) is 4.38. The Morgan fingerprint density at radius 1 is 1.27 bits per heavy atom. The Balaban J connectivity index is 1.54. The lowest BCUT2D eigenvalue weighted by Crippen LogP contribution is -2.45. The van der Waals surface area contributed by atoms with E-state index in [0.717, 1.165) is 12.8 Å². The maximum atomic E-state index is 13.4. The Kier molecular flexibility index (Phi) is 5.75. The molecule has 3 heterocycles. The van der Waals surface area contributed by atoms with E-state index in [1.54, 1.807) is 12.3 Å². The van der Waals surface area contributed by atoms with Crippen LogP contribution in [-0.2, 0) is 4.74 Å². The molecule has 0 atom stereocenters. The number of rotatable bonds is 4. The summed E-state index contributed by atoms with van der Waals surface area (Å²) in [5.74, 6) is 0.520. The third-order valence-electron chi connectivity index (χ3n) is 4.83. The number of alkyl carbamates (subject to hydrolysis) is 1. The molecule has 0 saturated carbocycles. The van der Waals surface area contributed by atoms with E-state index >= 15 is 0 Å². The third-order valence-corrected chi connectivity index (χ3v) is 5.12. The number of piperidine rings is 1. The number of halogens is 2. The second-order valence-corrected chi connectivity index (χ2v) is 7.18. The van der Waals surface area contributed by atoms with E-state index in [1.807, 2.05) is 4.90 Å². The van der Waals surface area contributed by atoms with Gasteiger partial charge in [0.15, 0.2) is 5.82 Å². The van der Waals surface area contributed by atoms with E-state index in [-0.39, 0.29) is 11.1 Å². The highest BCUT2D eigenvalue weighted by Gasteiger charge is 2.23. The predicted molar refractivity (Wildman–Crippen MR) is 111 cm³/mol. The van der Waals surface area contributed by atoms with Crippen LogP contribution in [0.4, 0.5) is 26.6 Å². The Morgan fingerprint density at radius 3 is 2.80 bits per heavy atom. The molecule has 2 N–H and O–H groups in total. The number of carbonyl (C=O) groups is 1. The van der Waals surface area contributed by atoms with Gasteiger partial charge in [0.25, 0.3) is 0 Å². The maximum absolute atomic E-state index is 13.4. The molecule has 11 heteroatoms. The van der Waals surface area contributed by atoms with Crippen molar-refractivity contribution in [3.63, 3.8) is 0 Å². The number of nitrogens with one attached hydrogen (secondary N) is 2. The zero-order chi connectivity index (χ0) is 21.1. The van der Waals surface area contributed by atoms with Crippen LogP contribution in [-0.4, -0.2) is 52.3 Å². The Bertz CT molecular complexity index is 1080. The van der Waals surface area contributed by atoms with E-state index in [4.69, 9.17) is 11.6 Å². The van der Waals surface area contributed by atoms with Gasteiger partial charge in [-0.3, -0.25) is 0 Å². The first-order valence-electron chi connectivity index (χ1n) is 9.33. The number of benzene rings is 1. The van der Waals surface area contributed by atoms with Crippen molar-refractivity contribution < 1.29 is 13.9 Å². The molecule has 1 aliphatic heterocycles. The van der Waals surface area contributed by atoms with Crippen LogP contribution in [0.2, 0.25) is 5.02 Å². The summed E-state index contributed by atoms with van der Waals surface area (Å²) in [6.45, 7) is 1.37.